The molecular formula is C17H12O4S2. The van der Waals surface area contributed by atoms with E-state index >= 15 is 0 Å². The first kappa shape index (κ1) is 15.3. The van der Waals surface area contributed by atoms with Gasteiger partial charge >= 0.3 is 5.63 Å². The molecule has 0 aliphatic carbocycles. The minimum atomic E-state index is -0.934. The topological polar surface area (TPSA) is 70.7 Å². The van der Waals surface area contributed by atoms with Crippen LogP contribution in [0.3, 0.4) is 0 Å². The van der Waals surface area contributed by atoms with Gasteiger partial charge < -0.3 is 14.6 Å². The molecule has 4 nitrogen and oxygen atoms in total. The van der Waals surface area contributed by atoms with Crippen LogP contribution in [0.15, 0.2) is 68.5 Å². The quantitative estimate of drug-likeness (QED) is 0.492. The third-order valence-corrected chi connectivity index (χ3v) is 4.98. The third kappa shape index (κ3) is 3.28. The maximum absolute atomic E-state index is 10.9. The Balaban J connectivity index is 0.000000140. The molecule has 0 atom stereocenters. The molecule has 4 aromatic rings. The van der Waals surface area contributed by atoms with Crippen LogP contribution in [-0.4, -0.2) is 10.2 Å². The van der Waals surface area contributed by atoms with Crippen molar-refractivity contribution in [2.45, 2.75) is 0 Å². The molecule has 3 aromatic heterocycles. The number of aromatic hydroxyl groups is 2. The number of thiophene rings is 2. The van der Waals surface area contributed by atoms with Crippen molar-refractivity contribution in [1.29, 1.82) is 0 Å². The average Bonchev–Trinajstić information content (AvgIpc) is 3.26. The molecule has 0 spiro atoms. The highest BCUT2D eigenvalue weighted by Crippen LogP contribution is 2.29. The summed E-state index contributed by atoms with van der Waals surface area (Å²) < 4.78 is 4.71. The van der Waals surface area contributed by atoms with Crippen molar-refractivity contribution in [2.75, 3.05) is 0 Å². The number of benzene rings is 1. The van der Waals surface area contributed by atoms with Gasteiger partial charge in [-0.2, -0.15) is 0 Å². The Labute approximate surface area is 139 Å². The monoisotopic (exact) mass is 344 g/mol. The smallest absolute Gasteiger partial charge is 0.382 e. The molecule has 116 valence electrons. The molecule has 0 unspecified atom stereocenters. The standard InChI is InChI=1S/C9H6O4.C8H6S2/c10-7-5-3-1-2-4-6(5)13-9(12)8(7)11;1-3-7(9-5-1)8-4-2-6-10-8/h1-4,10-11H;1-6H. The van der Waals surface area contributed by atoms with E-state index in [0.29, 0.717) is 5.39 Å². The van der Waals surface area contributed by atoms with Gasteiger partial charge in [0.25, 0.3) is 0 Å². The van der Waals surface area contributed by atoms with Crippen LogP contribution in [-0.2, 0) is 0 Å². The van der Waals surface area contributed by atoms with Gasteiger partial charge in [0.15, 0.2) is 5.75 Å². The number of para-hydroxylation sites is 1. The van der Waals surface area contributed by atoms with E-state index in [2.05, 4.69) is 35.0 Å². The molecule has 23 heavy (non-hydrogen) atoms. The van der Waals surface area contributed by atoms with Crippen LogP contribution in [0.1, 0.15) is 0 Å². The van der Waals surface area contributed by atoms with Gasteiger partial charge in [0.2, 0.25) is 5.75 Å². The third-order valence-electron chi connectivity index (χ3n) is 3.05. The number of fused-ring (bicyclic) bond motifs is 1. The molecule has 0 radical (unpaired) electrons. The van der Waals surface area contributed by atoms with E-state index < -0.39 is 17.1 Å². The lowest BCUT2D eigenvalue weighted by Crippen LogP contribution is -1.97. The van der Waals surface area contributed by atoms with Gasteiger partial charge in [-0.15, -0.1) is 22.7 Å². The highest BCUT2D eigenvalue weighted by Gasteiger charge is 2.10. The van der Waals surface area contributed by atoms with E-state index in [1.165, 1.54) is 15.8 Å². The van der Waals surface area contributed by atoms with Crippen LogP contribution in [0.2, 0.25) is 0 Å². The Morgan fingerprint density at radius 2 is 1.39 bits per heavy atom. The van der Waals surface area contributed by atoms with Crippen molar-refractivity contribution < 1.29 is 14.6 Å². The molecule has 0 amide bonds. The fraction of sp³-hybridized carbons (Fsp3) is 0. The van der Waals surface area contributed by atoms with Crippen LogP contribution in [0.4, 0.5) is 0 Å². The fourth-order valence-corrected chi connectivity index (χ4v) is 3.54. The maximum Gasteiger partial charge on any atom is 0.382 e. The van der Waals surface area contributed by atoms with Crippen molar-refractivity contribution in [3.05, 3.63) is 69.7 Å². The summed E-state index contributed by atoms with van der Waals surface area (Å²) in [6, 6.07) is 14.9. The summed E-state index contributed by atoms with van der Waals surface area (Å²) in [6.07, 6.45) is 0. The Kier molecular flexibility index (Phi) is 4.45. The number of rotatable bonds is 1. The average molecular weight is 344 g/mol. The molecule has 0 aliphatic heterocycles. The van der Waals surface area contributed by atoms with Crippen molar-refractivity contribution in [3.63, 3.8) is 0 Å². The SMILES string of the molecule is O=c1oc2ccccc2c(O)c1O.c1csc(-c2cccs2)c1. The summed E-state index contributed by atoms with van der Waals surface area (Å²) in [5.41, 5.74) is -0.681. The second-order valence-corrected chi connectivity index (χ2v) is 6.43. The second kappa shape index (κ2) is 6.68. The molecular weight excluding hydrogens is 332 g/mol. The second-order valence-electron chi connectivity index (χ2n) is 4.54. The summed E-state index contributed by atoms with van der Waals surface area (Å²) in [4.78, 5) is 13.6. The molecule has 0 saturated heterocycles. The number of hydrogen-bond acceptors (Lipinski definition) is 6. The van der Waals surface area contributed by atoms with Crippen LogP contribution in [0.25, 0.3) is 20.7 Å². The normalized spacial score (nSPS) is 10.3. The summed E-state index contributed by atoms with van der Waals surface area (Å²) in [7, 11) is 0. The van der Waals surface area contributed by atoms with Gasteiger partial charge in [-0.05, 0) is 35.0 Å². The first-order valence-corrected chi connectivity index (χ1v) is 8.44. The summed E-state index contributed by atoms with van der Waals surface area (Å²) in [5, 5.41) is 22.9. The molecule has 0 bridgehead atoms. The van der Waals surface area contributed by atoms with E-state index in [-0.39, 0.29) is 5.58 Å². The molecule has 1 aromatic carbocycles. The predicted octanol–water partition coefficient (Wildman–Crippen LogP) is 4.68. The zero-order valence-corrected chi connectivity index (χ0v) is 13.4. The predicted molar refractivity (Wildman–Crippen MR) is 93.4 cm³/mol. The molecule has 0 aliphatic rings. The van der Waals surface area contributed by atoms with Gasteiger partial charge in [-0.1, -0.05) is 24.3 Å². The van der Waals surface area contributed by atoms with Crippen LogP contribution < -0.4 is 5.63 Å². The summed E-state index contributed by atoms with van der Waals surface area (Å²) in [5.74, 6) is -1.19. The lowest BCUT2D eigenvalue weighted by molar-refractivity contribution is 0.378. The minimum Gasteiger partial charge on any atom is -0.504 e. The van der Waals surface area contributed by atoms with Crippen molar-refractivity contribution in [1.82, 2.24) is 0 Å². The lowest BCUT2D eigenvalue weighted by atomic mass is 10.2. The zero-order chi connectivity index (χ0) is 16.2. The van der Waals surface area contributed by atoms with Crippen LogP contribution in [0.5, 0.6) is 11.5 Å². The van der Waals surface area contributed by atoms with Gasteiger partial charge in [0.1, 0.15) is 5.58 Å². The van der Waals surface area contributed by atoms with Crippen LogP contribution >= 0.6 is 22.7 Å². The molecule has 4 rings (SSSR count). The Hall–Kier alpha value is -2.57. The Morgan fingerprint density at radius 1 is 0.783 bits per heavy atom. The minimum absolute atomic E-state index is 0.253. The maximum atomic E-state index is 10.9. The van der Waals surface area contributed by atoms with Crippen molar-refractivity contribution in [2.24, 2.45) is 0 Å². The Bertz CT molecular complexity index is 922. The Morgan fingerprint density at radius 3 is 1.96 bits per heavy atom. The van der Waals surface area contributed by atoms with E-state index in [1.54, 1.807) is 40.9 Å². The van der Waals surface area contributed by atoms with Gasteiger partial charge in [0, 0.05) is 9.75 Å². The first-order chi connectivity index (χ1) is 11.2. The van der Waals surface area contributed by atoms with Gasteiger partial charge in [0.05, 0.1) is 5.39 Å². The van der Waals surface area contributed by atoms with E-state index in [9.17, 15) is 9.90 Å². The molecule has 3 heterocycles. The summed E-state index contributed by atoms with van der Waals surface area (Å²) >= 11 is 3.58. The van der Waals surface area contributed by atoms with E-state index in [1.807, 2.05) is 0 Å². The molecule has 6 heteroatoms. The van der Waals surface area contributed by atoms with Crippen molar-refractivity contribution in [3.8, 4) is 21.3 Å². The van der Waals surface area contributed by atoms with Crippen LogP contribution in [0, 0.1) is 0 Å². The highest BCUT2D eigenvalue weighted by atomic mass is 32.1. The van der Waals surface area contributed by atoms with Crippen molar-refractivity contribution >= 4 is 33.6 Å². The molecule has 0 saturated carbocycles. The first-order valence-electron chi connectivity index (χ1n) is 6.68. The zero-order valence-electron chi connectivity index (χ0n) is 11.8. The highest BCUT2D eigenvalue weighted by molar-refractivity contribution is 7.20. The van der Waals surface area contributed by atoms with E-state index in [4.69, 9.17) is 9.52 Å². The molecule has 2 N–H and O–H groups in total. The van der Waals surface area contributed by atoms with Gasteiger partial charge in [-0.25, -0.2) is 4.79 Å². The van der Waals surface area contributed by atoms with E-state index in [0.717, 1.165) is 0 Å². The fourth-order valence-electron chi connectivity index (χ4n) is 1.96. The van der Waals surface area contributed by atoms with Gasteiger partial charge in [-0.3, -0.25) is 0 Å². The lowest BCUT2D eigenvalue weighted by Gasteiger charge is -1.99. The summed E-state index contributed by atoms with van der Waals surface area (Å²) in [6.45, 7) is 0. The largest absolute Gasteiger partial charge is 0.504 e. The molecule has 0 fully saturated rings. The number of hydrogen-bond donors (Lipinski definition) is 2.